The number of rotatable bonds is 4. The van der Waals surface area contributed by atoms with Gasteiger partial charge in [-0.15, -0.1) is 0 Å². The molecule has 0 aromatic heterocycles. The number of anilines is 1. The molecule has 0 saturated carbocycles. The van der Waals surface area contributed by atoms with Crippen molar-refractivity contribution < 1.29 is 14.7 Å². The first kappa shape index (κ1) is 13.0. The van der Waals surface area contributed by atoms with Gasteiger partial charge in [-0.05, 0) is 31.5 Å². The van der Waals surface area contributed by atoms with E-state index < -0.39 is 11.4 Å². The number of amides is 1. The van der Waals surface area contributed by atoms with Gasteiger partial charge < -0.3 is 16.2 Å². The van der Waals surface area contributed by atoms with Gasteiger partial charge in [-0.2, -0.15) is 0 Å². The van der Waals surface area contributed by atoms with Crippen LogP contribution in [0.3, 0.4) is 0 Å². The molecule has 17 heavy (non-hydrogen) atoms. The number of aliphatic carboxylic acids is 1. The Kier molecular flexibility index (Phi) is 3.73. The van der Waals surface area contributed by atoms with E-state index in [2.05, 4.69) is 5.32 Å². The number of nitrogens with one attached hydrogen (secondary N) is 1. The fourth-order valence-electron chi connectivity index (χ4n) is 1.41. The van der Waals surface area contributed by atoms with E-state index in [9.17, 15) is 9.59 Å². The highest BCUT2D eigenvalue weighted by molar-refractivity contribution is 5.89. The minimum Gasteiger partial charge on any atom is -0.480 e. The molecule has 0 aliphatic rings. The fourth-order valence-corrected chi connectivity index (χ4v) is 1.41. The lowest BCUT2D eigenvalue weighted by Gasteiger charge is -2.23. The van der Waals surface area contributed by atoms with Crippen molar-refractivity contribution in [2.45, 2.75) is 19.3 Å². The molecule has 0 aliphatic heterocycles. The molecule has 0 unspecified atom stereocenters. The molecule has 1 aromatic rings. The largest absolute Gasteiger partial charge is 0.480 e. The van der Waals surface area contributed by atoms with Crippen LogP contribution in [0, 0.1) is 0 Å². The molecule has 0 radical (unpaired) electrons. The van der Waals surface area contributed by atoms with E-state index in [1.54, 1.807) is 38.1 Å². The van der Waals surface area contributed by atoms with Gasteiger partial charge in [-0.1, -0.05) is 12.1 Å². The minimum atomic E-state index is -1.06. The second-order valence-electron chi connectivity index (χ2n) is 4.32. The van der Waals surface area contributed by atoms with Crippen LogP contribution in [-0.2, 0) is 15.0 Å². The summed E-state index contributed by atoms with van der Waals surface area (Å²) in [6.07, 6.45) is 0. The number of nitrogens with two attached hydrogens (primary N) is 1. The number of carboxylic acids is 1. The van der Waals surface area contributed by atoms with Gasteiger partial charge in [-0.3, -0.25) is 9.59 Å². The van der Waals surface area contributed by atoms with Crippen molar-refractivity contribution in [2.75, 3.05) is 12.3 Å². The quantitative estimate of drug-likeness (QED) is 0.672. The maximum atomic E-state index is 11.8. The molecule has 0 saturated heterocycles. The Hall–Kier alpha value is -2.04. The van der Waals surface area contributed by atoms with Crippen LogP contribution < -0.4 is 11.1 Å². The first-order chi connectivity index (χ1) is 7.84. The van der Waals surface area contributed by atoms with E-state index in [1.165, 1.54) is 0 Å². The Bertz CT molecular complexity index is 424. The lowest BCUT2D eigenvalue weighted by Crippen LogP contribution is -2.42. The topological polar surface area (TPSA) is 92.4 Å². The third kappa shape index (κ3) is 3.21. The molecule has 0 heterocycles. The Morgan fingerprint density at radius 2 is 1.82 bits per heavy atom. The summed E-state index contributed by atoms with van der Waals surface area (Å²) >= 11 is 0. The van der Waals surface area contributed by atoms with Crippen LogP contribution in [0.25, 0.3) is 0 Å². The average molecular weight is 236 g/mol. The third-order valence-electron chi connectivity index (χ3n) is 2.60. The molecule has 5 heteroatoms. The lowest BCUT2D eigenvalue weighted by molar-refractivity contribution is -0.138. The molecule has 0 fully saturated rings. The van der Waals surface area contributed by atoms with Gasteiger partial charge in [0.05, 0.1) is 5.41 Å². The number of hydrogen-bond acceptors (Lipinski definition) is 3. The van der Waals surface area contributed by atoms with E-state index in [0.29, 0.717) is 5.69 Å². The van der Waals surface area contributed by atoms with E-state index in [1.807, 2.05) is 0 Å². The zero-order valence-electron chi connectivity index (χ0n) is 9.86. The molecule has 0 spiro atoms. The maximum absolute atomic E-state index is 11.8. The van der Waals surface area contributed by atoms with E-state index in [-0.39, 0.29) is 12.5 Å². The van der Waals surface area contributed by atoms with E-state index in [0.717, 1.165) is 5.56 Å². The van der Waals surface area contributed by atoms with E-state index in [4.69, 9.17) is 10.8 Å². The van der Waals surface area contributed by atoms with E-state index >= 15 is 0 Å². The van der Waals surface area contributed by atoms with Crippen molar-refractivity contribution in [1.82, 2.24) is 5.32 Å². The first-order valence-corrected chi connectivity index (χ1v) is 5.20. The Labute approximate surface area is 99.6 Å². The Balaban J connectivity index is 2.82. The summed E-state index contributed by atoms with van der Waals surface area (Å²) in [6.45, 7) is 3.09. The third-order valence-corrected chi connectivity index (χ3v) is 2.60. The van der Waals surface area contributed by atoms with Crippen molar-refractivity contribution in [1.29, 1.82) is 0 Å². The number of benzene rings is 1. The first-order valence-electron chi connectivity index (χ1n) is 5.20. The van der Waals surface area contributed by atoms with Crippen molar-refractivity contribution in [2.24, 2.45) is 0 Å². The molecule has 1 rings (SSSR count). The van der Waals surface area contributed by atoms with Gasteiger partial charge in [-0.25, -0.2) is 0 Å². The Morgan fingerprint density at radius 1 is 1.29 bits per heavy atom. The summed E-state index contributed by atoms with van der Waals surface area (Å²) < 4.78 is 0. The molecule has 1 amide bonds. The summed E-state index contributed by atoms with van der Waals surface area (Å²) in [5.74, 6) is -1.39. The summed E-state index contributed by atoms with van der Waals surface area (Å²) in [5.41, 5.74) is 6.19. The van der Waals surface area contributed by atoms with Crippen LogP contribution in [0.4, 0.5) is 5.69 Å². The van der Waals surface area contributed by atoms with Gasteiger partial charge in [0.25, 0.3) is 0 Å². The predicted octanol–water partition coefficient (Wildman–Crippen LogP) is 0.747. The molecule has 4 N–H and O–H groups in total. The smallest absolute Gasteiger partial charge is 0.322 e. The molecule has 5 nitrogen and oxygen atoms in total. The standard InChI is InChI=1S/C12H16N2O3/c1-12(2,11(17)14-7-10(15)16)8-3-5-9(13)6-4-8/h3-6H,7,13H2,1-2H3,(H,14,17)(H,15,16). The zero-order valence-corrected chi connectivity index (χ0v) is 9.86. The molecular weight excluding hydrogens is 220 g/mol. The lowest BCUT2D eigenvalue weighted by atomic mass is 9.83. The highest BCUT2D eigenvalue weighted by Crippen LogP contribution is 2.24. The summed E-state index contributed by atoms with van der Waals surface area (Å²) in [6, 6.07) is 6.94. The van der Waals surface area contributed by atoms with Crippen LogP contribution in [0.15, 0.2) is 24.3 Å². The number of hydrogen-bond donors (Lipinski definition) is 3. The van der Waals surface area contributed by atoms with Crippen LogP contribution >= 0.6 is 0 Å². The second kappa shape index (κ2) is 4.86. The molecule has 0 bridgehead atoms. The van der Waals surface area contributed by atoms with Gasteiger partial charge in [0, 0.05) is 5.69 Å². The number of carbonyl (C=O) groups excluding carboxylic acids is 1. The minimum absolute atomic E-state index is 0.329. The van der Waals surface area contributed by atoms with Crippen molar-refractivity contribution in [3.8, 4) is 0 Å². The summed E-state index contributed by atoms with van der Waals surface area (Å²) in [4.78, 5) is 22.2. The molecule has 1 aromatic carbocycles. The SMILES string of the molecule is CC(C)(C(=O)NCC(=O)O)c1ccc(N)cc1. The number of carbonyl (C=O) groups is 2. The van der Waals surface area contributed by atoms with Crippen molar-refractivity contribution in [3.05, 3.63) is 29.8 Å². The van der Waals surface area contributed by atoms with Crippen LogP contribution in [-0.4, -0.2) is 23.5 Å². The molecule has 0 aliphatic carbocycles. The zero-order chi connectivity index (χ0) is 13.1. The highest BCUT2D eigenvalue weighted by atomic mass is 16.4. The average Bonchev–Trinajstić information content (AvgIpc) is 2.26. The van der Waals surface area contributed by atoms with Gasteiger partial charge >= 0.3 is 5.97 Å². The maximum Gasteiger partial charge on any atom is 0.322 e. The van der Waals surface area contributed by atoms with Gasteiger partial charge in [0.15, 0.2) is 0 Å². The Morgan fingerprint density at radius 3 is 2.29 bits per heavy atom. The van der Waals surface area contributed by atoms with Gasteiger partial charge in [0.2, 0.25) is 5.91 Å². The van der Waals surface area contributed by atoms with Gasteiger partial charge in [0.1, 0.15) is 6.54 Å². The summed E-state index contributed by atoms with van der Waals surface area (Å²) in [7, 11) is 0. The molecular formula is C12H16N2O3. The number of carboxylic acid groups (broad SMARTS) is 1. The highest BCUT2D eigenvalue weighted by Gasteiger charge is 2.29. The summed E-state index contributed by atoms with van der Waals surface area (Å²) in [5, 5.41) is 10.9. The van der Waals surface area contributed by atoms with Crippen molar-refractivity contribution in [3.63, 3.8) is 0 Å². The fraction of sp³-hybridized carbons (Fsp3) is 0.333. The molecule has 0 atom stereocenters. The monoisotopic (exact) mass is 236 g/mol. The number of nitrogen functional groups attached to an aromatic ring is 1. The van der Waals surface area contributed by atoms with Crippen LogP contribution in [0.5, 0.6) is 0 Å². The van der Waals surface area contributed by atoms with Crippen molar-refractivity contribution >= 4 is 17.6 Å². The molecule has 92 valence electrons. The normalized spacial score (nSPS) is 10.9. The predicted molar refractivity (Wildman–Crippen MR) is 64.5 cm³/mol. The second-order valence-corrected chi connectivity index (χ2v) is 4.32. The van der Waals surface area contributed by atoms with Crippen LogP contribution in [0.1, 0.15) is 19.4 Å². The van der Waals surface area contributed by atoms with Crippen LogP contribution in [0.2, 0.25) is 0 Å².